The van der Waals surface area contributed by atoms with Crippen LogP contribution >= 0.6 is 0 Å². The third kappa shape index (κ3) is 4.96. The number of rotatable bonds is 7. The lowest BCUT2D eigenvalue weighted by molar-refractivity contribution is -0.115. The first-order chi connectivity index (χ1) is 6.99. The Labute approximate surface area is 94.3 Å². The summed E-state index contributed by atoms with van der Waals surface area (Å²) in [5.41, 5.74) is 1.00. The summed E-state index contributed by atoms with van der Waals surface area (Å²) in [4.78, 5) is 11.5. The van der Waals surface area contributed by atoms with Gasteiger partial charge in [-0.15, -0.1) is 6.58 Å². The summed E-state index contributed by atoms with van der Waals surface area (Å²) >= 11 is 0. The fraction of sp³-hybridized carbons (Fsp3) is 0.643. The Hall–Kier alpha value is -0.850. The first kappa shape index (κ1) is 14.2. The summed E-state index contributed by atoms with van der Waals surface area (Å²) in [6.45, 7) is 12.0. The fourth-order valence-corrected chi connectivity index (χ4v) is 2.02. The van der Waals surface area contributed by atoms with Crippen molar-refractivity contribution >= 4 is 5.78 Å². The van der Waals surface area contributed by atoms with Crippen molar-refractivity contribution < 1.29 is 4.79 Å². The summed E-state index contributed by atoms with van der Waals surface area (Å²) < 4.78 is 0. The van der Waals surface area contributed by atoms with Gasteiger partial charge in [0.05, 0.1) is 0 Å². The van der Waals surface area contributed by atoms with Gasteiger partial charge in [0, 0.05) is 6.42 Å². The van der Waals surface area contributed by atoms with Crippen LogP contribution in [0, 0.1) is 5.41 Å². The Kier molecular flexibility index (Phi) is 6.23. The predicted octanol–water partition coefficient (Wildman–Crippen LogP) is 4.29. The van der Waals surface area contributed by atoms with Gasteiger partial charge in [0.25, 0.3) is 0 Å². The van der Waals surface area contributed by atoms with Gasteiger partial charge in [-0.25, -0.2) is 0 Å². The largest absolute Gasteiger partial charge is 0.295 e. The van der Waals surface area contributed by atoms with E-state index in [9.17, 15) is 4.79 Å². The van der Waals surface area contributed by atoms with Gasteiger partial charge in [-0.2, -0.15) is 0 Å². The molecule has 0 radical (unpaired) electrons. The Morgan fingerprint density at radius 2 is 2.00 bits per heavy atom. The highest BCUT2D eigenvalue weighted by molar-refractivity contribution is 5.94. The molecule has 0 rings (SSSR count). The summed E-state index contributed by atoms with van der Waals surface area (Å²) in [5, 5.41) is 0. The van der Waals surface area contributed by atoms with Gasteiger partial charge >= 0.3 is 0 Å². The Morgan fingerprint density at radius 1 is 1.40 bits per heavy atom. The molecule has 0 bridgehead atoms. The average Bonchev–Trinajstić information content (AvgIpc) is 2.16. The molecular formula is C14H24O. The van der Waals surface area contributed by atoms with Gasteiger partial charge in [0.2, 0.25) is 0 Å². The highest BCUT2D eigenvalue weighted by Crippen LogP contribution is 2.31. The quantitative estimate of drug-likeness (QED) is 0.450. The van der Waals surface area contributed by atoms with E-state index in [0.29, 0.717) is 6.42 Å². The van der Waals surface area contributed by atoms with Crippen molar-refractivity contribution in [3.8, 4) is 0 Å². The number of allylic oxidation sites excluding steroid dienone is 3. The highest BCUT2D eigenvalue weighted by Gasteiger charge is 2.19. The van der Waals surface area contributed by atoms with Crippen LogP contribution < -0.4 is 0 Å². The maximum atomic E-state index is 11.5. The van der Waals surface area contributed by atoms with Gasteiger partial charge < -0.3 is 0 Å². The van der Waals surface area contributed by atoms with Crippen LogP contribution in [0.4, 0.5) is 0 Å². The van der Waals surface area contributed by atoms with Gasteiger partial charge in [-0.05, 0) is 30.8 Å². The van der Waals surface area contributed by atoms with Crippen molar-refractivity contribution in [3.63, 3.8) is 0 Å². The second kappa shape index (κ2) is 6.60. The van der Waals surface area contributed by atoms with Crippen LogP contribution in [0.2, 0.25) is 0 Å². The molecule has 0 spiro atoms. The normalized spacial score (nSPS) is 15.9. The number of carbonyl (C=O) groups excluding carboxylic acids is 1. The Morgan fingerprint density at radius 3 is 2.40 bits per heavy atom. The van der Waals surface area contributed by atoms with Crippen LogP contribution in [0.3, 0.4) is 0 Å². The molecule has 0 saturated heterocycles. The van der Waals surface area contributed by atoms with E-state index in [1.54, 1.807) is 0 Å². The first-order valence-electron chi connectivity index (χ1n) is 5.82. The zero-order chi connectivity index (χ0) is 11.9. The first-order valence-corrected chi connectivity index (χ1v) is 5.82. The van der Waals surface area contributed by atoms with E-state index >= 15 is 0 Å². The molecule has 0 aliphatic rings. The van der Waals surface area contributed by atoms with Gasteiger partial charge in [-0.3, -0.25) is 4.79 Å². The second-order valence-electron chi connectivity index (χ2n) is 4.50. The molecule has 0 heterocycles. The molecule has 1 atom stereocenters. The van der Waals surface area contributed by atoms with Gasteiger partial charge in [0.1, 0.15) is 0 Å². The lowest BCUT2D eigenvalue weighted by Gasteiger charge is -2.24. The summed E-state index contributed by atoms with van der Waals surface area (Å²) in [6, 6.07) is 0. The predicted molar refractivity (Wildman–Crippen MR) is 66.9 cm³/mol. The van der Waals surface area contributed by atoms with E-state index in [-0.39, 0.29) is 11.2 Å². The van der Waals surface area contributed by atoms with Crippen molar-refractivity contribution in [1.82, 2.24) is 0 Å². The van der Waals surface area contributed by atoms with Crippen molar-refractivity contribution in [1.29, 1.82) is 0 Å². The number of Topliss-reactive ketones (excluding diaryl/α,β-unsaturated/α-hetero) is 1. The third-order valence-corrected chi connectivity index (χ3v) is 2.76. The highest BCUT2D eigenvalue weighted by atomic mass is 16.1. The van der Waals surface area contributed by atoms with Crippen molar-refractivity contribution in [3.05, 3.63) is 24.3 Å². The van der Waals surface area contributed by atoms with Crippen molar-refractivity contribution in [2.24, 2.45) is 5.41 Å². The van der Waals surface area contributed by atoms with Crippen LogP contribution in [0.25, 0.3) is 0 Å². The van der Waals surface area contributed by atoms with Crippen molar-refractivity contribution in [2.75, 3.05) is 0 Å². The number of hydrogen-bond acceptors (Lipinski definition) is 1. The van der Waals surface area contributed by atoms with E-state index in [1.807, 2.05) is 19.9 Å². The molecule has 0 aromatic heterocycles. The maximum Gasteiger partial charge on any atom is 0.158 e. The Bertz CT molecular complexity index is 250. The fourth-order valence-electron chi connectivity index (χ4n) is 2.02. The molecule has 86 valence electrons. The maximum absolute atomic E-state index is 11.5. The minimum absolute atomic E-state index is 0.103. The topological polar surface area (TPSA) is 17.1 Å². The minimum atomic E-state index is 0.103. The lowest BCUT2D eigenvalue weighted by atomic mass is 9.80. The molecule has 1 nitrogen and oxygen atoms in total. The number of ketones is 1. The molecule has 1 heteroatoms. The zero-order valence-electron chi connectivity index (χ0n) is 10.6. The van der Waals surface area contributed by atoms with Crippen molar-refractivity contribution in [2.45, 2.75) is 53.4 Å². The molecule has 1 unspecified atom stereocenters. The summed E-state index contributed by atoms with van der Waals surface area (Å²) in [5.74, 6) is 0.251. The molecule has 0 aromatic carbocycles. The van der Waals surface area contributed by atoms with E-state index < -0.39 is 0 Å². The van der Waals surface area contributed by atoms with E-state index in [2.05, 4.69) is 26.5 Å². The van der Waals surface area contributed by atoms with Crippen LogP contribution in [0.1, 0.15) is 53.4 Å². The minimum Gasteiger partial charge on any atom is -0.295 e. The molecule has 0 fully saturated rings. The summed E-state index contributed by atoms with van der Waals surface area (Å²) in [7, 11) is 0. The standard InChI is InChI=1S/C14H24O/c1-6-9-14(5,10-7-2)11-12(4)13(15)8-3/h6,11H,1,7-10H2,2-5H3/b12-11+. The molecule has 15 heavy (non-hydrogen) atoms. The van der Waals surface area contributed by atoms with Crippen LogP contribution in [-0.4, -0.2) is 5.78 Å². The van der Waals surface area contributed by atoms with Crippen LogP contribution in [0.15, 0.2) is 24.3 Å². The van der Waals surface area contributed by atoms with E-state index in [1.165, 1.54) is 0 Å². The lowest BCUT2D eigenvalue weighted by Crippen LogP contribution is -2.14. The molecule has 0 N–H and O–H groups in total. The monoisotopic (exact) mass is 208 g/mol. The van der Waals surface area contributed by atoms with Gasteiger partial charge in [0.15, 0.2) is 5.78 Å². The summed E-state index contributed by atoms with van der Waals surface area (Å²) in [6.07, 6.45) is 7.84. The molecule has 0 aromatic rings. The van der Waals surface area contributed by atoms with Crippen LogP contribution in [0.5, 0.6) is 0 Å². The van der Waals surface area contributed by atoms with Gasteiger partial charge in [-0.1, -0.05) is 39.3 Å². The van der Waals surface area contributed by atoms with E-state index in [0.717, 1.165) is 24.8 Å². The number of carbonyl (C=O) groups is 1. The molecule has 0 aliphatic carbocycles. The van der Waals surface area contributed by atoms with Crippen LogP contribution in [-0.2, 0) is 4.79 Å². The second-order valence-corrected chi connectivity index (χ2v) is 4.50. The SMILES string of the molecule is C=CCC(C)(/C=C(\C)C(=O)CC)CCC. The Balaban J connectivity index is 4.77. The van der Waals surface area contributed by atoms with E-state index in [4.69, 9.17) is 0 Å². The molecule has 0 saturated carbocycles. The smallest absolute Gasteiger partial charge is 0.158 e. The average molecular weight is 208 g/mol. The zero-order valence-corrected chi connectivity index (χ0v) is 10.6. The molecule has 0 amide bonds. The number of hydrogen-bond donors (Lipinski definition) is 0. The third-order valence-electron chi connectivity index (χ3n) is 2.76. The molecule has 0 aliphatic heterocycles. The molecular weight excluding hydrogens is 184 g/mol.